The number of nitrogens with zero attached hydrogens (tertiary/aromatic N) is 1. The van der Waals surface area contributed by atoms with Crippen LogP contribution in [-0.2, 0) is 4.79 Å². The lowest BCUT2D eigenvalue weighted by molar-refractivity contribution is -0.384. The van der Waals surface area contributed by atoms with E-state index in [0.29, 0.717) is 16.7 Å². The molecule has 6 nitrogen and oxygen atoms in total. The summed E-state index contributed by atoms with van der Waals surface area (Å²) in [6, 6.07) is 10.4. The number of nitro groups is 1. The van der Waals surface area contributed by atoms with Crippen molar-refractivity contribution in [2.24, 2.45) is 0 Å². The molecule has 6 heteroatoms. The highest BCUT2D eigenvalue weighted by Gasteiger charge is 2.21. The smallest absolute Gasteiger partial charge is 0.310 e. The Balaban J connectivity index is 2.54. The van der Waals surface area contributed by atoms with Crippen LogP contribution in [0.4, 0.5) is 5.69 Å². The molecule has 0 aliphatic rings. The molecule has 0 aliphatic carbocycles. The Morgan fingerprint density at radius 3 is 2.33 bits per heavy atom. The number of rotatable bonds is 4. The van der Waals surface area contributed by atoms with Crippen molar-refractivity contribution in [3.8, 4) is 16.9 Å². The van der Waals surface area contributed by atoms with Crippen LogP contribution < -0.4 is 0 Å². The van der Waals surface area contributed by atoms with Gasteiger partial charge in [0, 0.05) is 6.07 Å². The predicted octanol–water partition coefficient (Wildman–Crippen LogP) is 3.16. The summed E-state index contributed by atoms with van der Waals surface area (Å²) >= 11 is 0. The monoisotopic (exact) mass is 287 g/mol. The number of nitro benzene ring substituents is 1. The van der Waals surface area contributed by atoms with E-state index in [9.17, 15) is 20.0 Å². The molecule has 21 heavy (non-hydrogen) atoms. The molecule has 2 N–H and O–H groups in total. The highest BCUT2D eigenvalue weighted by Crippen LogP contribution is 2.33. The molecule has 0 heterocycles. The first-order valence-corrected chi connectivity index (χ1v) is 6.20. The second-order valence-electron chi connectivity index (χ2n) is 4.64. The lowest BCUT2D eigenvalue weighted by Gasteiger charge is -2.09. The lowest BCUT2D eigenvalue weighted by Crippen LogP contribution is -2.08. The van der Waals surface area contributed by atoms with Gasteiger partial charge in [0.05, 0.1) is 16.4 Å². The van der Waals surface area contributed by atoms with Crippen molar-refractivity contribution >= 4 is 11.7 Å². The van der Waals surface area contributed by atoms with E-state index in [1.807, 2.05) is 0 Å². The number of carboxylic acid groups (broad SMARTS) is 1. The van der Waals surface area contributed by atoms with Crippen molar-refractivity contribution in [3.05, 3.63) is 58.1 Å². The summed E-state index contributed by atoms with van der Waals surface area (Å²) in [6.07, 6.45) is 0. The number of phenolic OH excluding ortho intramolecular Hbond substituents is 1. The molecule has 0 saturated heterocycles. The highest BCUT2D eigenvalue weighted by atomic mass is 16.6. The number of carboxylic acids is 1. The summed E-state index contributed by atoms with van der Waals surface area (Å²) in [6.45, 7) is 1.47. The van der Waals surface area contributed by atoms with Gasteiger partial charge in [-0.3, -0.25) is 14.9 Å². The zero-order chi connectivity index (χ0) is 15.6. The van der Waals surface area contributed by atoms with Crippen LogP contribution in [0, 0.1) is 10.1 Å². The Bertz CT molecular complexity index is 694. The predicted molar refractivity (Wildman–Crippen MR) is 76.2 cm³/mol. The van der Waals surface area contributed by atoms with Crippen LogP contribution in [0.1, 0.15) is 18.4 Å². The van der Waals surface area contributed by atoms with Gasteiger partial charge in [-0.05, 0) is 36.2 Å². The van der Waals surface area contributed by atoms with Gasteiger partial charge in [-0.2, -0.15) is 0 Å². The van der Waals surface area contributed by atoms with Crippen molar-refractivity contribution in [1.82, 2.24) is 0 Å². The summed E-state index contributed by atoms with van der Waals surface area (Å²) in [5.74, 6) is -1.79. The molecule has 2 aromatic carbocycles. The third-order valence-corrected chi connectivity index (χ3v) is 3.27. The van der Waals surface area contributed by atoms with E-state index in [0.717, 1.165) is 0 Å². The van der Waals surface area contributed by atoms with Crippen LogP contribution in [-0.4, -0.2) is 21.1 Å². The van der Waals surface area contributed by atoms with Gasteiger partial charge >= 0.3 is 5.97 Å². The number of hydrogen-bond donors (Lipinski definition) is 2. The van der Waals surface area contributed by atoms with Crippen LogP contribution in [0.15, 0.2) is 42.5 Å². The maximum Gasteiger partial charge on any atom is 0.310 e. The molecule has 0 aromatic heterocycles. The van der Waals surface area contributed by atoms with E-state index in [-0.39, 0.29) is 11.4 Å². The summed E-state index contributed by atoms with van der Waals surface area (Å²) in [5.41, 5.74) is 1.17. The van der Waals surface area contributed by atoms with Crippen molar-refractivity contribution in [2.75, 3.05) is 0 Å². The van der Waals surface area contributed by atoms with Crippen LogP contribution in [0.5, 0.6) is 5.75 Å². The molecule has 0 aliphatic heterocycles. The van der Waals surface area contributed by atoms with Crippen molar-refractivity contribution < 1.29 is 19.9 Å². The van der Waals surface area contributed by atoms with Crippen LogP contribution in [0.3, 0.4) is 0 Å². The average Bonchev–Trinajstić information content (AvgIpc) is 2.46. The molecule has 0 fully saturated rings. The number of carbonyl (C=O) groups is 1. The van der Waals surface area contributed by atoms with Crippen LogP contribution in [0.2, 0.25) is 0 Å². The maximum atomic E-state index is 11.2. The minimum absolute atomic E-state index is 0.0672. The fourth-order valence-corrected chi connectivity index (χ4v) is 2.00. The van der Waals surface area contributed by atoms with E-state index >= 15 is 0 Å². The molecular formula is C15H13NO5. The van der Waals surface area contributed by atoms with Gasteiger partial charge < -0.3 is 10.2 Å². The van der Waals surface area contributed by atoms with Crippen LogP contribution >= 0.6 is 0 Å². The van der Waals surface area contributed by atoms with E-state index in [4.69, 9.17) is 5.11 Å². The Hall–Kier alpha value is -2.89. The van der Waals surface area contributed by atoms with E-state index in [2.05, 4.69) is 0 Å². The van der Waals surface area contributed by atoms with Gasteiger partial charge in [0.15, 0.2) is 0 Å². The first-order chi connectivity index (χ1) is 9.90. The minimum atomic E-state index is -1.04. The van der Waals surface area contributed by atoms with Gasteiger partial charge in [-0.25, -0.2) is 0 Å². The molecule has 0 bridgehead atoms. The number of benzene rings is 2. The van der Waals surface area contributed by atoms with Gasteiger partial charge in [-0.1, -0.05) is 18.2 Å². The third-order valence-electron chi connectivity index (χ3n) is 3.27. The second kappa shape index (κ2) is 5.62. The first-order valence-electron chi connectivity index (χ1n) is 6.20. The van der Waals surface area contributed by atoms with E-state index in [1.54, 1.807) is 18.2 Å². The molecule has 0 spiro atoms. The topological polar surface area (TPSA) is 101 Å². The molecule has 2 aromatic rings. The van der Waals surface area contributed by atoms with Crippen molar-refractivity contribution in [3.63, 3.8) is 0 Å². The number of hydrogen-bond acceptors (Lipinski definition) is 4. The molecule has 108 valence electrons. The molecule has 0 saturated carbocycles. The van der Waals surface area contributed by atoms with E-state index in [1.165, 1.54) is 31.2 Å². The fraction of sp³-hybridized carbons (Fsp3) is 0.133. The SMILES string of the molecule is CC(C(=O)O)c1ccc(-c2ccc(O)cc2)c([N+](=O)[O-])c1. The number of aliphatic carboxylic acids is 1. The fourth-order valence-electron chi connectivity index (χ4n) is 2.00. The Labute approximate surface area is 120 Å². The maximum absolute atomic E-state index is 11.2. The van der Waals surface area contributed by atoms with Crippen LogP contribution in [0.25, 0.3) is 11.1 Å². The Morgan fingerprint density at radius 2 is 1.81 bits per heavy atom. The minimum Gasteiger partial charge on any atom is -0.508 e. The van der Waals surface area contributed by atoms with Gasteiger partial charge in [-0.15, -0.1) is 0 Å². The third kappa shape index (κ3) is 3.00. The summed E-state index contributed by atoms with van der Waals surface area (Å²) in [7, 11) is 0. The summed E-state index contributed by atoms with van der Waals surface area (Å²) < 4.78 is 0. The molecular weight excluding hydrogens is 274 g/mol. The molecule has 2 rings (SSSR count). The number of aromatic hydroxyl groups is 1. The molecule has 0 radical (unpaired) electrons. The second-order valence-corrected chi connectivity index (χ2v) is 4.64. The lowest BCUT2D eigenvalue weighted by atomic mass is 9.96. The standard InChI is InChI=1S/C15H13NO5/c1-9(15(18)19)11-4-7-13(14(8-11)16(20)21)10-2-5-12(17)6-3-10/h2-9,17H,1H3,(H,18,19). The number of phenols is 1. The van der Waals surface area contributed by atoms with Gasteiger partial charge in [0.1, 0.15) is 5.75 Å². The van der Waals surface area contributed by atoms with Crippen molar-refractivity contribution in [1.29, 1.82) is 0 Å². The van der Waals surface area contributed by atoms with Gasteiger partial charge in [0.25, 0.3) is 5.69 Å². The van der Waals surface area contributed by atoms with Gasteiger partial charge in [0.2, 0.25) is 0 Å². The molecule has 0 amide bonds. The Kier molecular flexibility index (Phi) is 3.89. The van der Waals surface area contributed by atoms with Crippen molar-refractivity contribution in [2.45, 2.75) is 12.8 Å². The molecule has 1 atom stereocenters. The normalized spacial score (nSPS) is 11.9. The summed E-state index contributed by atoms with van der Waals surface area (Å²) in [5, 5.41) is 29.5. The average molecular weight is 287 g/mol. The van der Waals surface area contributed by atoms with E-state index < -0.39 is 16.8 Å². The molecule has 1 unspecified atom stereocenters. The Morgan fingerprint density at radius 1 is 1.19 bits per heavy atom. The largest absolute Gasteiger partial charge is 0.508 e. The first kappa shape index (κ1) is 14.5. The zero-order valence-electron chi connectivity index (χ0n) is 11.2. The highest BCUT2D eigenvalue weighted by molar-refractivity contribution is 5.79. The quantitative estimate of drug-likeness (QED) is 0.664. The zero-order valence-corrected chi connectivity index (χ0v) is 11.2. The summed E-state index contributed by atoms with van der Waals surface area (Å²) in [4.78, 5) is 21.6.